The van der Waals surface area contributed by atoms with Gasteiger partial charge in [-0.1, -0.05) is 48.0 Å². The van der Waals surface area contributed by atoms with Crippen molar-refractivity contribution in [3.05, 3.63) is 99.7 Å². The third-order valence-corrected chi connectivity index (χ3v) is 6.23. The molecular formula is C26H19ClF3N5O4. The Morgan fingerprint density at radius 2 is 1.72 bits per heavy atom. The Bertz CT molecular complexity index is 1560. The van der Waals surface area contributed by atoms with E-state index < -0.39 is 35.4 Å². The molecule has 1 aromatic heterocycles. The van der Waals surface area contributed by atoms with E-state index in [0.29, 0.717) is 5.56 Å². The number of allylic oxidation sites excluding steroid dienone is 1. The molecule has 200 valence electrons. The van der Waals surface area contributed by atoms with Crippen LogP contribution < -0.4 is 10.6 Å². The Morgan fingerprint density at radius 1 is 1.05 bits per heavy atom. The molecule has 1 atom stereocenters. The highest BCUT2D eigenvalue weighted by molar-refractivity contribution is 6.33. The van der Waals surface area contributed by atoms with Gasteiger partial charge in [0.15, 0.2) is 5.69 Å². The zero-order valence-electron chi connectivity index (χ0n) is 20.4. The third-order valence-electron chi connectivity index (χ3n) is 5.93. The fourth-order valence-electron chi connectivity index (χ4n) is 4.27. The third kappa shape index (κ3) is 4.80. The molecule has 0 radical (unpaired) electrons. The number of halogens is 4. The lowest BCUT2D eigenvalue weighted by Gasteiger charge is -2.36. The van der Waals surface area contributed by atoms with Crippen LogP contribution in [0.1, 0.15) is 17.2 Å². The van der Waals surface area contributed by atoms with Gasteiger partial charge in [-0.15, -0.1) is 0 Å². The van der Waals surface area contributed by atoms with Gasteiger partial charge in [-0.05, 0) is 23.8 Å². The molecule has 0 amide bonds. The maximum atomic E-state index is 13.3. The van der Waals surface area contributed by atoms with Crippen LogP contribution in [0, 0.1) is 11.3 Å². The van der Waals surface area contributed by atoms with Crippen molar-refractivity contribution in [3.63, 3.8) is 0 Å². The molecule has 0 bridgehead atoms. The van der Waals surface area contributed by atoms with Crippen molar-refractivity contribution < 1.29 is 32.2 Å². The highest BCUT2D eigenvalue weighted by atomic mass is 35.5. The minimum absolute atomic E-state index is 0.0575. The molecule has 2 N–H and O–H groups in total. The summed E-state index contributed by atoms with van der Waals surface area (Å²) in [6.45, 7) is 0. The zero-order valence-corrected chi connectivity index (χ0v) is 21.1. The van der Waals surface area contributed by atoms with Crippen LogP contribution in [-0.2, 0) is 25.2 Å². The number of aromatic nitrogens is 2. The SMILES string of the molecule is COC(=O)C1=C(C(=O)OC)N(c2cccc(Cl)c2-n2ccc(C(F)(F)F)n2)C(N)=C(C#N)C1c1ccccc1. The Hall–Kier alpha value is -4.76. The number of nitrogens with two attached hydrogens (primary N) is 1. The predicted molar refractivity (Wildman–Crippen MR) is 133 cm³/mol. The smallest absolute Gasteiger partial charge is 0.435 e. The summed E-state index contributed by atoms with van der Waals surface area (Å²) in [5.74, 6) is -3.40. The van der Waals surface area contributed by atoms with Gasteiger partial charge in [-0.3, -0.25) is 4.90 Å². The van der Waals surface area contributed by atoms with Gasteiger partial charge in [0.2, 0.25) is 0 Å². The van der Waals surface area contributed by atoms with Crippen LogP contribution in [-0.4, -0.2) is 35.9 Å². The number of carbonyl (C=O) groups excluding carboxylic acids is 2. The van der Waals surface area contributed by atoms with E-state index in [0.717, 1.165) is 36.1 Å². The molecule has 1 aliphatic heterocycles. The maximum absolute atomic E-state index is 13.3. The van der Waals surface area contributed by atoms with Crippen molar-refractivity contribution in [3.8, 4) is 11.8 Å². The fraction of sp³-hybridized carbons (Fsp3) is 0.154. The van der Waals surface area contributed by atoms with Crippen LogP contribution in [0.3, 0.4) is 0 Å². The molecule has 0 aliphatic carbocycles. The van der Waals surface area contributed by atoms with Gasteiger partial charge in [-0.25, -0.2) is 14.3 Å². The van der Waals surface area contributed by atoms with E-state index in [2.05, 4.69) is 5.10 Å². The van der Waals surface area contributed by atoms with Gasteiger partial charge < -0.3 is 15.2 Å². The van der Waals surface area contributed by atoms with Crippen LogP contribution in [0.4, 0.5) is 18.9 Å². The molecule has 4 rings (SSSR count). The van der Waals surface area contributed by atoms with E-state index in [1.165, 1.54) is 18.2 Å². The van der Waals surface area contributed by atoms with Gasteiger partial charge in [0.1, 0.15) is 17.2 Å². The second kappa shape index (κ2) is 10.5. The van der Waals surface area contributed by atoms with Gasteiger partial charge >= 0.3 is 18.1 Å². The van der Waals surface area contributed by atoms with Crippen LogP contribution in [0.25, 0.3) is 5.69 Å². The number of nitriles is 1. The number of hydrogen-bond acceptors (Lipinski definition) is 8. The van der Waals surface area contributed by atoms with Crippen molar-refractivity contribution in [1.29, 1.82) is 5.26 Å². The van der Waals surface area contributed by atoms with Gasteiger partial charge in [-0.2, -0.15) is 23.5 Å². The molecule has 9 nitrogen and oxygen atoms in total. The number of ether oxygens (including phenoxy) is 2. The molecular weight excluding hydrogens is 539 g/mol. The summed E-state index contributed by atoms with van der Waals surface area (Å²) in [5, 5.41) is 13.7. The first-order valence-corrected chi connectivity index (χ1v) is 11.5. The highest BCUT2D eigenvalue weighted by Crippen LogP contribution is 2.45. The van der Waals surface area contributed by atoms with Crippen molar-refractivity contribution in [2.45, 2.75) is 12.1 Å². The number of anilines is 1. The highest BCUT2D eigenvalue weighted by Gasteiger charge is 2.44. The lowest BCUT2D eigenvalue weighted by Crippen LogP contribution is -2.41. The second-order valence-electron chi connectivity index (χ2n) is 8.09. The first-order valence-electron chi connectivity index (χ1n) is 11.1. The van der Waals surface area contributed by atoms with E-state index in [1.807, 2.05) is 6.07 Å². The van der Waals surface area contributed by atoms with Crippen LogP contribution in [0.15, 0.2) is 83.5 Å². The number of esters is 2. The quantitative estimate of drug-likeness (QED) is 0.457. The number of rotatable bonds is 5. The molecule has 0 fully saturated rings. The second-order valence-corrected chi connectivity index (χ2v) is 8.49. The molecule has 1 aliphatic rings. The minimum Gasteiger partial charge on any atom is -0.466 e. The summed E-state index contributed by atoms with van der Waals surface area (Å²) in [6.07, 6.45) is -3.72. The molecule has 0 saturated heterocycles. The largest absolute Gasteiger partial charge is 0.466 e. The van der Waals surface area contributed by atoms with Gasteiger partial charge in [0.05, 0.1) is 48.1 Å². The lowest BCUT2D eigenvalue weighted by atomic mass is 9.81. The average Bonchev–Trinajstić information content (AvgIpc) is 3.42. The Balaban J connectivity index is 2.09. The van der Waals surface area contributed by atoms with E-state index in [9.17, 15) is 28.0 Å². The summed E-state index contributed by atoms with van der Waals surface area (Å²) >= 11 is 6.42. The molecule has 39 heavy (non-hydrogen) atoms. The van der Waals surface area contributed by atoms with Gasteiger partial charge in [0, 0.05) is 6.20 Å². The summed E-state index contributed by atoms with van der Waals surface area (Å²) in [6, 6.07) is 15.3. The Kier molecular flexibility index (Phi) is 7.38. The van der Waals surface area contributed by atoms with E-state index in [-0.39, 0.29) is 33.4 Å². The predicted octanol–water partition coefficient (Wildman–Crippen LogP) is 4.44. The average molecular weight is 558 g/mol. The van der Waals surface area contributed by atoms with E-state index in [4.69, 9.17) is 26.8 Å². The normalized spacial score (nSPS) is 15.7. The Morgan fingerprint density at radius 3 is 2.28 bits per heavy atom. The molecule has 1 unspecified atom stereocenters. The first kappa shape index (κ1) is 27.3. The monoisotopic (exact) mass is 557 g/mol. The number of carbonyl (C=O) groups is 2. The standard InChI is InChI=1S/C26H19ClF3N5O4/c1-38-24(36)20-19(14-7-4-3-5-8-14)15(13-31)23(32)35(22(20)25(37)39-2)17-10-6-9-16(27)21(17)34-12-11-18(33-34)26(28,29)30/h3-12,19H,32H2,1-2H3. The molecule has 2 aromatic carbocycles. The maximum Gasteiger partial charge on any atom is 0.435 e. The topological polar surface area (TPSA) is 123 Å². The van der Waals surface area contributed by atoms with Crippen molar-refractivity contribution >= 4 is 29.2 Å². The summed E-state index contributed by atoms with van der Waals surface area (Å²) < 4.78 is 50.8. The lowest BCUT2D eigenvalue weighted by molar-refractivity contribution is -0.141. The summed E-state index contributed by atoms with van der Waals surface area (Å²) in [4.78, 5) is 27.5. The molecule has 13 heteroatoms. The first-order chi connectivity index (χ1) is 18.5. The number of methoxy groups -OCH3 is 2. The van der Waals surface area contributed by atoms with Gasteiger partial charge in [0.25, 0.3) is 0 Å². The summed E-state index contributed by atoms with van der Waals surface area (Å²) in [7, 11) is 2.17. The van der Waals surface area contributed by atoms with Crippen LogP contribution in [0.2, 0.25) is 5.02 Å². The minimum atomic E-state index is -4.75. The zero-order chi connectivity index (χ0) is 28.5. The summed E-state index contributed by atoms with van der Waals surface area (Å²) in [5.41, 5.74) is 4.75. The van der Waals surface area contributed by atoms with E-state index >= 15 is 0 Å². The number of para-hydroxylation sites is 1. The van der Waals surface area contributed by atoms with Crippen molar-refractivity contribution in [2.75, 3.05) is 19.1 Å². The van der Waals surface area contributed by atoms with Crippen LogP contribution >= 0.6 is 11.6 Å². The number of alkyl halides is 3. The van der Waals surface area contributed by atoms with Crippen LogP contribution in [0.5, 0.6) is 0 Å². The van der Waals surface area contributed by atoms with Crippen molar-refractivity contribution in [2.24, 2.45) is 5.73 Å². The van der Waals surface area contributed by atoms with Crippen molar-refractivity contribution in [1.82, 2.24) is 9.78 Å². The fourth-order valence-corrected chi connectivity index (χ4v) is 4.53. The Labute approximate surface area is 225 Å². The molecule has 3 aromatic rings. The molecule has 2 heterocycles. The van der Waals surface area contributed by atoms with E-state index in [1.54, 1.807) is 30.3 Å². The number of nitrogens with zero attached hydrogens (tertiary/aromatic N) is 4. The number of benzene rings is 2. The molecule has 0 spiro atoms. The number of hydrogen-bond donors (Lipinski definition) is 1. The molecule has 0 saturated carbocycles.